The molecule has 2 nitrogen and oxygen atoms in total. The molecule has 0 saturated heterocycles. The van der Waals surface area contributed by atoms with Crippen LogP contribution in [0.25, 0.3) is 0 Å². The highest BCUT2D eigenvalue weighted by atomic mass is 35.5. The maximum Gasteiger partial charge on any atom is 0.230 e. The molecule has 1 aromatic rings. The van der Waals surface area contributed by atoms with E-state index in [9.17, 15) is 9.18 Å². The van der Waals surface area contributed by atoms with Crippen LogP contribution >= 0.6 is 11.6 Å². The molecule has 4 bridgehead atoms. The summed E-state index contributed by atoms with van der Waals surface area (Å²) < 4.78 is 13.3. The quantitative estimate of drug-likeness (QED) is 0.768. The van der Waals surface area contributed by atoms with Crippen LogP contribution in [-0.2, 0) is 4.79 Å². The van der Waals surface area contributed by atoms with Gasteiger partial charge in [-0.15, -0.1) is 0 Å². The third-order valence-corrected chi connectivity index (χ3v) is 6.58. The normalized spacial score (nSPS) is 41.1. The van der Waals surface area contributed by atoms with Gasteiger partial charge in [-0.3, -0.25) is 4.79 Å². The molecule has 1 N–H and O–H groups in total. The third-order valence-electron chi connectivity index (χ3n) is 6.29. The highest BCUT2D eigenvalue weighted by molar-refractivity contribution is 6.31. The van der Waals surface area contributed by atoms with Gasteiger partial charge in [0.05, 0.1) is 10.4 Å². The van der Waals surface area contributed by atoms with Crippen LogP contribution in [0.15, 0.2) is 18.2 Å². The van der Waals surface area contributed by atoms with Crippen molar-refractivity contribution in [2.24, 2.45) is 22.2 Å². The lowest BCUT2D eigenvalue weighted by atomic mass is 9.40. The Morgan fingerprint density at radius 3 is 2.39 bits per heavy atom. The van der Waals surface area contributed by atoms with Gasteiger partial charge in [0.2, 0.25) is 5.91 Å². The fourth-order valence-electron chi connectivity index (χ4n) is 6.54. The Morgan fingerprint density at radius 2 is 1.83 bits per heavy atom. The molecule has 0 aromatic heterocycles. The number of halogens is 2. The Hall–Kier alpha value is -1.09. The van der Waals surface area contributed by atoms with Crippen LogP contribution in [0.2, 0.25) is 5.02 Å². The molecule has 1 aromatic carbocycles. The van der Waals surface area contributed by atoms with Gasteiger partial charge in [0.15, 0.2) is 0 Å². The number of nitrogens with one attached hydrogen (secondary N) is 1. The first-order valence-electron chi connectivity index (χ1n) is 8.48. The molecule has 5 rings (SSSR count). The summed E-state index contributed by atoms with van der Waals surface area (Å²) in [5, 5.41) is 3.06. The van der Waals surface area contributed by atoms with Gasteiger partial charge < -0.3 is 5.32 Å². The zero-order valence-corrected chi connectivity index (χ0v) is 14.5. The van der Waals surface area contributed by atoms with E-state index in [2.05, 4.69) is 19.2 Å². The Kier molecular flexibility index (Phi) is 3.17. The maximum absolute atomic E-state index is 13.3. The molecule has 0 aliphatic heterocycles. The topological polar surface area (TPSA) is 29.1 Å². The third kappa shape index (κ3) is 2.48. The maximum atomic E-state index is 13.3. The van der Waals surface area contributed by atoms with Crippen molar-refractivity contribution >= 4 is 23.2 Å². The van der Waals surface area contributed by atoms with Gasteiger partial charge in [0.1, 0.15) is 5.82 Å². The van der Waals surface area contributed by atoms with Gasteiger partial charge in [-0.2, -0.15) is 0 Å². The molecule has 4 aliphatic rings. The van der Waals surface area contributed by atoms with Crippen LogP contribution in [0, 0.1) is 28.0 Å². The highest BCUT2D eigenvalue weighted by Crippen LogP contribution is 2.69. The lowest BCUT2D eigenvalue weighted by Crippen LogP contribution is -2.58. The predicted molar refractivity (Wildman–Crippen MR) is 89.9 cm³/mol. The number of hydrogen-bond donors (Lipinski definition) is 1. The van der Waals surface area contributed by atoms with Crippen molar-refractivity contribution in [2.75, 3.05) is 5.32 Å². The van der Waals surface area contributed by atoms with E-state index in [1.54, 1.807) is 6.07 Å². The minimum atomic E-state index is -0.459. The van der Waals surface area contributed by atoms with Crippen molar-refractivity contribution in [3.05, 3.63) is 29.0 Å². The highest BCUT2D eigenvalue weighted by Gasteiger charge is 2.62. The SMILES string of the molecule is CC12CC3CC(C)(C1)CC(C(=O)Nc1ccc(F)c(Cl)c1)(C3)C2. The molecule has 4 heteroatoms. The zero-order chi connectivity index (χ0) is 16.5. The summed E-state index contributed by atoms with van der Waals surface area (Å²) in [5.74, 6) is 0.310. The molecular weight excluding hydrogens is 313 g/mol. The summed E-state index contributed by atoms with van der Waals surface area (Å²) in [6, 6.07) is 4.39. The summed E-state index contributed by atoms with van der Waals surface area (Å²) in [7, 11) is 0. The van der Waals surface area contributed by atoms with Crippen LogP contribution in [0.3, 0.4) is 0 Å². The minimum Gasteiger partial charge on any atom is -0.326 e. The first-order valence-corrected chi connectivity index (χ1v) is 8.85. The van der Waals surface area contributed by atoms with Crippen LogP contribution < -0.4 is 5.32 Å². The van der Waals surface area contributed by atoms with Gasteiger partial charge in [-0.05, 0) is 73.5 Å². The number of rotatable bonds is 2. The second-order valence-corrected chi connectivity index (χ2v) is 9.40. The average Bonchev–Trinajstić information content (AvgIpc) is 2.39. The van der Waals surface area contributed by atoms with Crippen LogP contribution in [0.5, 0.6) is 0 Å². The number of hydrogen-bond acceptors (Lipinski definition) is 1. The van der Waals surface area contributed by atoms with Crippen molar-refractivity contribution < 1.29 is 9.18 Å². The van der Waals surface area contributed by atoms with Gasteiger partial charge in [-0.1, -0.05) is 25.4 Å². The van der Waals surface area contributed by atoms with Crippen LogP contribution in [-0.4, -0.2) is 5.91 Å². The molecule has 23 heavy (non-hydrogen) atoms. The van der Waals surface area contributed by atoms with Gasteiger partial charge in [-0.25, -0.2) is 4.39 Å². The van der Waals surface area contributed by atoms with E-state index >= 15 is 0 Å². The Labute approximate surface area is 141 Å². The summed E-state index contributed by atoms with van der Waals surface area (Å²) >= 11 is 5.83. The molecule has 4 fully saturated rings. The average molecular weight is 336 g/mol. The molecule has 124 valence electrons. The smallest absolute Gasteiger partial charge is 0.230 e. The molecule has 0 radical (unpaired) electrons. The lowest BCUT2D eigenvalue weighted by Gasteiger charge is -2.64. The number of carbonyl (C=O) groups is 1. The first-order chi connectivity index (χ1) is 10.7. The fourth-order valence-corrected chi connectivity index (χ4v) is 6.72. The molecule has 0 heterocycles. The lowest BCUT2D eigenvalue weighted by molar-refractivity contribution is -0.165. The Balaban J connectivity index is 1.61. The van der Waals surface area contributed by atoms with E-state index in [-0.39, 0.29) is 16.3 Å². The second kappa shape index (κ2) is 4.72. The van der Waals surface area contributed by atoms with Crippen LogP contribution in [0.4, 0.5) is 10.1 Å². The molecule has 4 saturated carbocycles. The monoisotopic (exact) mass is 335 g/mol. The largest absolute Gasteiger partial charge is 0.326 e. The predicted octanol–water partition coefficient (Wildman–Crippen LogP) is 5.41. The number of amides is 1. The molecule has 1 amide bonds. The molecular formula is C19H23ClFNO. The molecule has 2 atom stereocenters. The number of anilines is 1. The van der Waals surface area contributed by atoms with Crippen LogP contribution in [0.1, 0.15) is 52.4 Å². The Bertz CT molecular complexity index is 670. The number of carbonyl (C=O) groups excluding carboxylic acids is 1. The minimum absolute atomic E-state index is 0.0484. The second-order valence-electron chi connectivity index (χ2n) is 8.99. The molecule has 0 spiro atoms. The van der Waals surface area contributed by atoms with Crippen molar-refractivity contribution in [3.8, 4) is 0 Å². The zero-order valence-electron chi connectivity index (χ0n) is 13.7. The number of benzene rings is 1. The summed E-state index contributed by atoms with van der Waals surface area (Å²) in [6.45, 7) is 4.71. The Morgan fingerprint density at radius 1 is 1.17 bits per heavy atom. The van der Waals surface area contributed by atoms with E-state index in [1.807, 2.05) is 0 Å². The first kappa shape index (κ1) is 15.4. The van der Waals surface area contributed by atoms with Crippen molar-refractivity contribution in [2.45, 2.75) is 52.4 Å². The van der Waals surface area contributed by atoms with Gasteiger partial charge in [0.25, 0.3) is 0 Å². The molecule has 2 unspecified atom stereocenters. The molecule has 4 aliphatic carbocycles. The van der Waals surface area contributed by atoms with Gasteiger partial charge in [0, 0.05) is 5.69 Å². The van der Waals surface area contributed by atoms with Crippen molar-refractivity contribution in [3.63, 3.8) is 0 Å². The van der Waals surface area contributed by atoms with E-state index in [0.29, 0.717) is 22.4 Å². The van der Waals surface area contributed by atoms with Crippen molar-refractivity contribution in [1.82, 2.24) is 0 Å². The summed E-state index contributed by atoms with van der Waals surface area (Å²) in [4.78, 5) is 13.1. The fraction of sp³-hybridized carbons (Fsp3) is 0.632. The van der Waals surface area contributed by atoms with E-state index in [1.165, 1.54) is 31.4 Å². The standard InChI is InChI=1S/C19H23ClFNO/c1-17-6-12-7-18(2,9-17)11-19(8-12,10-17)16(23)22-13-3-4-15(21)14(20)5-13/h3-5,12H,6-11H2,1-2H3,(H,22,23). The van der Waals surface area contributed by atoms with Crippen molar-refractivity contribution in [1.29, 1.82) is 0 Å². The van der Waals surface area contributed by atoms with E-state index < -0.39 is 5.82 Å². The summed E-state index contributed by atoms with van der Waals surface area (Å²) in [6.07, 6.45) is 6.73. The summed E-state index contributed by atoms with van der Waals surface area (Å²) in [5.41, 5.74) is 0.925. The van der Waals surface area contributed by atoms with E-state index in [4.69, 9.17) is 11.6 Å². The van der Waals surface area contributed by atoms with Gasteiger partial charge >= 0.3 is 0 Å². The van der Waals surface area contributed by atoms with E-state index in [0.717, 1.165) is 19.3 Å².